The van der Waals surface area contributed by atoms with Crippen LogP contribution in [0.1, 0.15) is 11.1 Å². The van der Waals surface area contributed by atoms with Crippen molar-refractivity contribution in [1.82, 2.24) is 0 Å². The van der Waals surface area contributed by atoms with Crippen LogP contribution in [0.5, 0.6) is 11.5 Å². The van der Waals surface area contributed by atoms with Gasteiger partial charge in [0.25, 0.3) is 5.91 Å². The third-order valence-electron chi connectivity index (χ3n) is 3.78. The number of fused-ring (bicyclic) bond motifs is 1. The third kappa shape index (κ3) is 2.39. The number of carbonyl (C=O) groups is 1. The number of hydrogen-bond donors (Lipinski definition) is 0. The highest BCUT2D eigenvalue weighted by molar-refractivity contribution is 5.95. The van der Waals surface area contributed by atoms with Gasteiger partial charge in [0.15, 0.2) is 18.1 Å². The van der Waals surface area contributed by atoms with Crippen LogP contribution in [-0.4, -0.2) is 19.6 Å². The van der Waals surface area contributed by atoms with Crippen molar-refractivity contribution in [2.75, 3.05) is 18.6 Å². The molecular weight excluding hydrogens is 285 g/mol. The van der Waals surface area contributed by atoms with Gasteiger partial charge in [-0.05, 0) is 25.1 Å². The zero-order chi connectivity index (χ0) is 15.7. The summed E-state index contributed by atoms with van der Waals surface area (Å²) in [5, 5.41) is 0. The van der Waals surface area contributed by atoms with E-state index in [4.69, 9.17) is 9.47 Å². The molecule has 4 nitrogen and oxygen atoms in total. The van der Waals surface area contributed by atoms with Crippen LogP contribution < -0.4 is 14.4 Å². The lowest BCUT2D eigenvalue weighted by Gasteiger charge is -2.22. The summed E-state index contributed by atoms with van der Waals surface area (Å²) in [5.41, 5.74) is 1.83. The first-order chi connectivity index (χ1) is 10.6. The van der Waals surface area contributed by atoms with Crippen LogP contribution >= 0.6 is 0 Å². The molecule has 5 heteroatoms. The van der Waals surface area contributed by atoms with Crippen molar-refractivity contribution in [1.29, 1.82) is 0 Å². The highest BCUT2D eigenvalue weighted by Gasteiger charge is 2.26. The Bertz CT molecular complexity index is 730. The Hall–Kier alpha value is -2.56. The maximum Gasteiger partial charge on any atom is 0.265 e. The number of hydrogen-bond acceptors (Lipinski definition) is 3. The third-order valence-corrected chi connectivity index (χ3v) is 3.78. The first kappa shape index (κ1) is 14.4. The van der Waals surface area contributed by atoms with Crippen molar-refractivity contribution < 1.29 is 18.7 Å². The quantitative estimate of drug-likeness (QED) is 0.855. The molecule has 0 atom stereocenters. The van der Waals surface area contributed by atoms with E-state index in [0.717, 1.165) is 5.56 Å². The van der Waals surface area contributed by atoms with Gasteiger partial charge in [-0.25, -0.2) is 4.39 Å². The number of para-hydroxylation sites is 1. The van der Waals surface area contributed by atoms with Crippen molar-refractivity contribution in [3.63, 3.8) is 0 Å². The number of halogens is 1. The zero-order valence-electron chi connectivity index (χ0n) is 12.4. The van der Waals surface area contributed by atoms with Gasteiger partial charge in [0.2, 0.25) is 0 Å². The molecule has 0 N–H and O–H groups in total. The second kappa shape index (κ2) is 5.67. The second-order valence-electron chi connectivity index (χ2n) is 5.10. The summed E-state index contributed by atoms with van der Waals surface area (Å²) in [7, 11) is 1.56. The molecule has 1 aliphatic rings. The molecule has 2 aromatic carbocycles. The maximum absolute atomic E-state index is 13.8. The van der Waals surface area contributed by atoms with Crippen LogP contribution in [0.25, 0.3) is 0 Å². The van der Waals surface area contributed by atoms with Gasteiger partial charge >= 0.3 is 0 Å². The summed E-state index contributed by atoms with van der Waals surface area (Å²) in [5.74, 6) is 0.603. The van der Waals surface area contributed by atoms with E-state index in [1.165, 1.54) is 6.07 Å². The van der Waals surface area contributed by atoms with Crippen LogP contribution in [0.15, 0.2) is 36.4 Å². The minimum Gasteiger partial charge on any atom is -0.493 e. The number of rotatable bonds is 2. The standard InChI is InChI=1S/C17H16FNO3/c1-11-13(18)6-4-7-14(11)19-9-12-5-3-8-15(21-2)17(12)22-10-16(19)20/h3-8H,9-10H2,1-2H3. The van der Waals surface area contributed by atoms with Gasteiger partial charge in [0.1, 0.15) is 5.82 Å². The number of methoxy groups -OCH3 is 1. The average molecular weight is 301 g/mol. The number of amides is 1. The van der Waals surface area contributed by atoms with Crippen molar-refractivity contribution in [3.8, 4) is 11.5 Å². The molecule has 0 fully saturated rings. The fraction of sp³-hybridized carbons (Fsp3) is 0.235. The average Bonchev–Trinajstić information content (AvgIpc) is 2.69. The predicted octanol–water partition coefficient (Wildman–Crippen LogP) is 3.07. The van der Waals surface area contributed by atoms with Gasteiger partial charge in [-0.3, -0.25) is 4.79 Å². The van der Waals surface area contributed by atoms with Crippen molar-refractivity contribution in [2.45, 2.75) is 13.5 Å². The molecule has 0 radical (unpaired) electrons. The van der Waals surface area contributed by atoms with Crippen LogP contribution in [0.2, 0.25) is 0 Å². The van der Waals surface area contributed by atoms with E-state index < -0.39 is 0 Å². The summed E-state index contributed by atoms with van der Waals surface area (Å²) < 4.78 is 24.7. The summed E-state index contributed by atoms with van der Waals surface area (Å²) in [6.45, 7) is 1.87. The fourth-order valence-corrected chi connectivity index (χ4v) is 2.59. The molecule has 22 heavy (non-hydrogen) atoms. The molecule has 1 aliphatic heterocycles. The molecule has 1 amide bonds. The first-order valence-electron chi connectivity index (χ1n) is 6.96. The molecule has 3 rings (SSSR count). The van der Waals surface area contributed by atoms with Crippen molar-refractivity contribution in [2.24, 2.45) is 0 Å². The Morgan fingerprint density at radius 2 is 2.00 bits per heavy atom. The van der Waals surface area contributed by atoms with Gasteiger partial charge in [0.05, 0.1) is 13.7 Å². The second-order valence-corrected chi connectivity index (χ2v) is 5.10. The predicted molar refractivity (Wildman–Crippen MR) is 80.8 cm³/mol. The number of nitrogens with zero attached hydrogens (tertiary/aromatic N) is 1. The lowest BCUT2D eigenvalue weighted by Crippen LogP contribution is -2.32. The summed E-state index contributed by atoms with van der Waals surface area (Å²) in [6.07, 6.45) is 0. The highest BCUT2D eigenvalue weighted by atomic mass is 19.1. The molecular formula is C17H16FNO3. The van der Waals surface area contributed by atoms with E-state index >= 15 is 0 Å². The molecule has 0 bridgehead atoms. The topological polar surface area (TPSA) is 38.8 Å². The minimum atomic E-state index is -0.332. The molecule has 0 aromatic heterocycles. The number of carbonyl (C=O) groups excluding carboxylic acids is 1. The molecule has 0 unspecified atom stereocenters. The van der Waals surface area contributed by atoms with Crippen LogP contribution in [0, 0.1) is 12.7 Å². The van der Waals surface area contributed by atoms with E-state index in [2.05, 4.69) is 0 Å². The summed E-state index contributed by atoms with van der Waals surface area (Å²) >= 11 is 0. The van der Waals surface area contributed by atoms with E-state index in [1.807, 2.05) is 12.1 Å². The molecule has 0 spiro atoms. The Morgan fingerprint density at radius 3 is 2.77 bits per heavy atom. The van der Waals surface area contributed by atoms with E-state index in [-0.39, 0.29) is 18.3 Å². The fourth-order valence-electron chi connectivity index (χ4n) is 2.59. The Balaban J connectivity index is 2.06. The Labute approximate surface area is 128 Å². The van der Waals surface area contributed by atoms with Crippen LogP contribution in [-0.2, 0) is 11.3 Å². The molecule has 0 aliphatic carbocycles. The Morgan fingerprint density at radius 1 is 1.23 bits per heavy atom. The van der Waals surface area contributed by atoms with Crippen LogP contribution in [0.3, 0.4) is 0 Å². The number of benzene rings is 2. The Kier molecular flexibility index (Phi) is 3.71. The monoisotopic (exact) mass is 301 g/mol. The smallest absolute Gasteiger partial charge is 0.265 e. The summed E-state index contributed by atoms with van der Waals surface area (Å²) in [4.78, 5) is 13.9. The molecule has 114 valence electrons. The largest absolute Gasteiger partial charge is 0.493 e. The lowest BCUT2D eigenvalue weighted by molar-refractivity contribution is -0.120. The minimum absolute atomic E-state index is 0.108. The SMILES string of the molecule is COc1cccc2c1OCC(=O)N(c1cccc(F)c1C)C2. The normalized spacial score (nSPS) is 14.1. The molecule has 2 aromatic rings. The van der Waals surface area contributed by atoms with E-state index in [1.54, 1.807) is 37.1 Å². The zero-order valence-corrected chi connectivity index (χ0v) is 12.4. The van der Waals surface area contributed by atoms with Crippen LogP contribution in [0.4, 0.5) is 10.1 Å². The van der Waals surface area contributed by atoms with Gasteiger partial charge in [0, 0.05) is 16.8 Å². The van der Waals surface area contributed by atoms with Crippen molar-refractivity contribution >= 4 is 11.6 Å². The highest BCUT2D eigenvalue weighted by Crippen LogP contribution is 2.35. The summed E-state index contributed by atoms with van der Waals surface area (Å²) in [6, 6.07) is 10.2. The van der Waals surface area contributed by atoms with Gasteiger partial charge < -0.3 is 14.4 Å². The van der Waals surface area contributed by atoms with Gasteiger partial charge in [-0.15, -0.1) is 0 Å². The maximum atomic E-state index is 13.8. The lowest BCUT2D eigenvalue weighted by atomic mass is 10.1. The molecule has 1 heterocycles. The van der Waals surface area contributed by atoms with E-state index in [0.29, 0.717) is 29.3 Å². The van der Waals surface area contributed by atoms with E-state index in [9.17, 15) is 9.18 Å². The number of ether oxygens (including phenoxy) is 2. The number of anilines is 1. The molecule has 0 saturated heterocycles. The van der Waals surface area contributed by atoms with Crippen molar-refractivity contribution in [3.05, 3.63) is 53.3 Å². The van der Waals surface area contributed by atoms with Gasteiger partial charge in [-0.1, -0.05) is 18.2 Å². The van der Waals surface area contributed by atoms with Gasteiger partial charge in [-0.2, -0.15) is 0 Å². The molecule has 0 saturated carbocycles. The first-order valence-corrected chi connectivity index (χ1v) is 6.96.